The Morgan fingerprint density at radius 3 is 2.68 bits per heavy atom. The number of carbonyl (C=O) groups excluding carboxylic acids is 1. The summed E-state index contributed by atoms with van der Waals surface area (Å²) in [4.78, 5) is 13.6. The minimum Gasteiger partial charge on any atom is -0.325 e. The molecule has 0 saturated heterocycles. The normalized spacial score (nSPS) is 11.0. The molecule has 28 heavy (non-hydrogen) atoms. The van der Waals surface area contributed by atoms with E-state index < -0.39 is 0 Å². The number of amides is 1. The molecule has 0 aliphatic carbocycles. The smallest absolute Gasteiger partial charge is 0.234 e. The van der Waals surface area contributed by atoms with Crippen LogP contribution in [0.15, 0.2) is 34.8 Å². The summed E-state index contributed by atoms with van der Waals surface area (Å²) in [6.07, 6.45) is 1.94. The zero-order valence-corrected chi connectivity index (χ0v) is 18.5. The largest absolute Gasteiger partial charge is 0.325 e. The first-order valence-corrected chi connectivity index (χ1v) is 11.5. The molecule has 0 radical (unpaired) electrons. The van der Waals surface area contributed by atoms with Crippen LogP contribution in [-0.2, 0) is 17.8 Å². The van der Waals surface area contributed by atoms with Crippen molar-refractivity contribution in [1.29, 1.82) is 0 Å². The van der Waals surface area contributed by atoms with Crippen LogP contribution in [0.4, 0.5) is 5.69 Å². The lowest BCUT2D eigenvalue weighted by Crippen LogP contribution is -2.14. The maximum atomic E-state index is 12.3. The van der Waals surface area contributed by atoms with E-state index in [1.165, 1.54) is 22.2 Å². The topological polar surface area (TPSA) is 59.8 Å². The summed E-state index contributed by atoms with van der Waals surface area (Å²) in [6, 6.07) is 7.08. The number of nitrogens with zero attached hydrogens (tertiary/aromatic N) is 3. The summed E-state index contributed by atoms with van der Waals surface area (Å²) in [7, 11) is 0. The SMILES string of the molecule is CCCn1c(SCC(=O)Nc2ccc(Cl)cc2)nnc1-c1csc(C)c1CC. The Morgan fingerprint density at radius 1 is 1.25 bits per heavy atom. The van der Waals surface area contributed by atoms with Gasteiger partial charge in [-0.3, -0.25) is 4.79 Å². The van der Waals surface area contributed by atoms with Crippen LogP contribution < -0.4 is 5.32 Å². The highest BCUT2D eigenvalue weighted by molar-refractivity contribution is 7.99. The minimum atomic E-state index is -0.0828. The lowest BCUT2D eigenvalue weighted by atomic mass is 10.1. The molecule has 0 spiro atoms. The Labute approximate surface area is 178 Å². The van der Waals surface area contributed by atoms with Crippen molar-refractivity contribution in [3.63, 3.8) is 0 Å². The van der Waals surface area contributed by atoms with Gasteiger partial charge in [0.25, 0.3) is 0 Å². The van der Waals surface area contributed by atoms with Crippen molar-refractivity contribution >= 4 is 46.3 Å². The number of thiophene rings is 1. The Kier molecular flexibility index (Phi) is 7.15. The van der Waals surface area contributed by atoms with Gasteiger partial charge in [0.05, 0.1) is 5.75 Å². The van der Waals surface area contributed by atoms with Gasteiger partial charge in [0, 0.05) is 33.1 Å². The van der Waals surface area contributed by atoms with Gasteiger partial charge in [-0.05, 0) is 49.6 Å². The molecule has 0 bridgehead atoms. The molecule has 0 fully saturated rings. The highest BCUT2D eigenvalue weighted by atomic mass is 35.5. The number of aromatic nitrogens is 3. The van der Waals surface area contributed by atoms with E-state index >= 15 is 0 Å². The van der Waals surface area contributed by atoms with Crippen molar-refractivity contribution in [2.24, 2.45) is 0 Å². The highest BCUT2D eigenvalue weighted by Gasteiger charge is 2.19. The molecule has 1 N–H and O–H groups in total. The van der Waals surface area contributed by atoms with Gasteiger partial charge in [0.15, 0.2) is 11.0 Å². The molecule has 8 heteroatoms. The zero-order valence-electron chi connectivity index (χ0n) is 16.2. The number of rotatable bonds is 8. The summed E-state index contributed by atoms with van der Waals surface area (Å²) < 4.78 is 2.13. The summed E-state index contributed by atoms with van der Waals surface area (Å²) >= 11 is 9.03. The molecule has 1 aromatic carbocycles. The third-order valence-corrected chi connectivity index (χ3v) is 6.49. The van der Waals surface area contributed by atoms with Gasteiger partial charge in [0.1, 0.15) is 0 Å². The van der Waals surface area contributed by atoms with Crippen molar-refractivity contribution in [2.45, 2.75) is 45.3 Å². The molecule has 5 nitrogen and oxygen atoms in total. The predicted molar refractivity (Wildman–Crippen MR) is 119 cm³/mol. The summed E-state index contributed by atoms with van der Waals surface area (Å²) in [5.74, 6) is 1.08. The highest BCUT2D eigenvalue weighted by Crippen LogP contribution is 2.32. The number of hydrogen-bond acceptors (Lipinski definition) is 5. The average molecular weight is 435 g/mol. The fraction of sp³-hybridized carbons (Fsp3) is 0.350. The molecular weight excluding hydrogens is 412 g/mol. The molecule has 148 valence electrons. The van der Waals surface area contributed by atoms with Crippen molar-refractivity contribution in [3.8, 4) is 11.4 Å². The van der Waals surface area contributed by atoms with E-state index in [1.54, 1.807) is 35.6 Å². The van der Waals surface area contributed by atoms with Crippen molar-refractivity contribution < 1.29 is 4.79 Å². The number of anilines is 1. The number of carbonyl (C=O) groups is 1. The van der Waals surface area contributed by atoms with Gasteiger partial charge in [-0.2, -0.15) is 0 Å². The first-order valence-electron chi connectivity index (χ1n) is 9.22. The van der Waals surface area contributed by atoms with Crippen LogP contribution in [0.5, 0.6) is 0 Å². The van der Waals surface area contributed by atoms with Crippen LogP contribution >= 0.6 is 34.7 Å². The van der Waals surface area contributed by atoms with E-state index in [0.29, 0.717) is 5.02 Å². The molecule has 0 unspecified atom stereocenters. The van der Waals surface area contributed by atoms with Gasteiger partial charge in [-0.1, -0.05) is 37.2 Å². The predicted octanol–water partition coefficient (Wildman–Crippen LogP) is 5.67. The second-order valence-corrected chi connectivity index (χ2v) is 8.80. The molecule has 2 aromatic heterocycles. The van der Waals surface area contributed by atoms with Gasteiger partial charge in [-0.15, -0.1) is 21.5 Å². The number of aryl methyl sites for hydroxylation is 1. The first-order chi connectivity index (χ1) is 13.5. The minimum absolute atomic E-state index is 0.0828. The molecule has 1 amide bonds. The summed E-state index contributed by atoms with van der Waals surface area (Å²) in [5.41, 5.74) is 3.21. The molecule has 0 aliphatic heterocycles. The van der Waals surface area contributed by atoms with Crippen LogP contribution in [0.2, 0.25) is 5.02 Å². The van der Waals surface area contributed by atoms with Crippen LogP contribution in [0.3, 0.4) is 0 Å². The lowest BCUT2D eigenvalue weighted by molar-refractivity contribution is -0.113. The van der Waals surface area contributed by atoms with Crippen molar-refractivity contribution in [3.05, 3.63) is 45.1 Å². The van der Waals surface area contributed by atoms with Crippen LogP contribution in [0.1, 0.15) is 30.7 Å². The van der Waals surface area contributed by atoms with Crippen molar-refractivity contribution in [1.82, 2.24) is 14.8 Å². The number of thioether (sulfide) groups is 1. The Morgan fingerprint density at radius 2 is 2.00 bits per heavy atom. The number of halogens is 1. The first kappa shape index (κ1) is 20.9. The standard InChI is InChI=1S/C20H23ClN4OS2/c1-4-10-25-19(17-11-27-13(3)16(17)5-2)23-24-20(25)28-12-18(26)22-15-8-6-14(21)7-9-15/h6-9,11H,4-5,10,12H2,1-3H3,(H,22,26). The molecule has 0 aliphatic rings. The maximum absolute atomic E-state index is 12.3. The van der Waals surface area contributed by atoms with Crippen LogP contribution in [0.25, 0.3) is 11.4 Å². The van der Waals surface area contributed by atoms with Gasteiger partial charge in [0.2, 0.25) is 5.91 Å². The Hall–Kier alpha value is -1.83. The fourth-order valence-electron chi connectivity index (χ4n) is 2.99. The van der Waals surface area contributed by atoms with Crippen LogP contribution in [0, 0.1) is 6.92 Å². The molecular formula is C20H23ClN4OS2. The molecule has 3 rings (SSSR count). The second-order valence-electron chi connectivity index (χ2n) is 6.34. The van der Waals surface area contributed by atoms with Gasteiger partial charge in [-0.25, -0.2) is 0 Å². The Balaban J connectivity index is 1.74. The number of nitrogens with one attached hydrogen (secondary N) is 1. The second kappa shape index (κ2) is 9.58. The molecule has 2 heterocycles. The van der Waals surface area contributed by atoms with E-state index in [1.807, 2.05) is 0 Å². The molecule has 0 atom stereocenters. The quantitative estimate of drug-likeness (QED) is 0.464. The summed E-state index contributed by atoms with van der Waals surface area (Å²) in [5, 5.41) is 15.3. The number of hydrogen-bond donors (Lipinski definition) is 1. The van der Waals surface area contributed by atoms with Crippen molar-refractivity contribution in [2.75, 3.05) is 11.1 Å². The maximum Gasteiger partial charge on any atom is 0.234 e. The van der Waals surface area contributed by atoms with E-state index in [4.69, 9.17) is 11.6 Å². The third kappa shape index (κ3) is 4.77. The van der Waals surface area contributed by atoms with E-state index in [0.717, 1.165) is 41.6 Å². The lowest BCUT2D eigenvalue weighted by Gasteiger charge is -2.10. The van der Waals surface area contributed by atoms with E-state index in [2.05, 4.69) is 46.2 Å². The molecule has 0 saturated carbocycles. The van der Waals surface area contributed by atoms with E-state index in [9.17, 15) is 4.79 Å². The average Bonchev–Trinajstić information content (AvgIpc) is 3.25. The monoisotopic (exact) mass is 434 g/mol. The number of benzene rings is 1. The zero-order chi connectivity index (χ0) is 20.1. The van der Waals surface area contributed by atoms with Gasteiger partial charge < -0.3 is 9.88 Å². The summed E-state index contributed by atoms with van der Waals surface area (Å²) in [6.45, 7) is 7.26. The third-order valence-electron chi connectivity index (χ3n) is 4.32. The van der Waals surface area contributed by atoms with Crippen LogP contribution in [-0.4, -0.2) is 26.4 Å². The Bertz CT molecular complexity index is 950. The van der Waals surface area contributed by atoms with Gasteiger partial charge >= 0.3 is 0 Å². The fourth-order valence-corrected chi connectivity index (χ4v) is 4.82. The molecule has 3 aromatic rings. The van der Waals surface area contributed by atoms with E-state index in [-0.39, 0.29) is 11.7 Å².